The minimum absolute atomic E-state index is 0.0366. The Bertz CT molecular complexity index is 1020. The summed E-state index contributed by atoms with van der Waals surface area (Å²) in [6.45, 7) is 15.0. The fourth-order valence-corrected chi connectivity index (χ4v) is 5.78. The standard InChI is InChI=1S/C32H43NO2Si/c1-31(2,3)36(4,5)35-30(32(21-22-32)34-26-29-19-13-8-14-20-29)25-33(23-27-15-9-6-10-16-27)24-28-17-11-7-12-18-28/h6-20,30H,21-26H2,1-5H3/t30-/m0/s1. The molecule has 1 aliphatic rings. The maximum Gasteiger partial charge on any atom is 0.192 e. The summed E-state index contributed by atoms with van der Waals surface area (Å²) < 4.78 is 13.9. The van der Waals surface area contributed by atoms with Crippen LogP contribution in [0.5, 0.6) is 0 Å². The van der Waals surface area contributed by atoms with Crippen LogP contribution in [-0.2, 0) is 28.9 Å². The Morgan fingerprint density at radius 3 is 1.61 bits per heavy atom. The Morgan fingerprint density at radius 2 is 1.19 bits per heavy atom. The number of hydrogen-bond acceptors (Lipinski definition) is 3. The van der Waals surface area contributed by atoms with Gasteiger partial charge in [0, 0.05) is 19.6 Å². The lowest BCUT2D eigenvalue weighted by molar-refractivity contribution is -0.0715. The van der Waals surface area contributed by atoms with E-state index in [4.69, 9.17) is 9.16 Å². The van der Waals surface area contributed by atoms with E-state index in [9.17, 15) is 0 Å². The van der Waals surface area contributed by atoms with Crippen LogP contribution in [0.3, 0.4) is 0 Å². The zero-order valence-electron chi connectivity index (χ0n) is 22.7. The summed E-state index contributed by atoms with van der Waals surface area (Å²) in [7, 11) is -2.00. The lowest BCUT2D eigenvalue weighted by atomic mass is 10.1. The molecule has 0 heterocycles. The molecule has 0 bridgehead atoms. The van der Waals surface area contributed by atoms with Gasteiger partial charge in [-0.25, -0.2) is 0 Å². The molecule has 4 heteroatoms. The van der Waals surface area contributed by atoms with Crippen LogP contribution in [-0.4, -0.2) is 31.5 Å². The van der Waals surface area contributed by atoms with Crippen LogP contribution >= 0.6 is 0 Å². The highest BCUT2D eigenvalue weighted by Gasteiger charge is 2.54. The Morgan fingerprint density at radius 1 is 0.750 bits per heavy atom. The highest BCUT2D eigenvalue weighted by Crippen LogP contribution is 2.48. The van der Waals surface area contributed by atoms with Gasteiger partial charge in [-0.15, -0.1) is 0 Å². The van der Waals surface area contributed by atoms with Gasteiger partial charge < -0.3 is 9.16 Å². The summed E-state index contributed by atoms with van der Waals surface area (Å²) in [4.78, 5) is 2.55. The van der Waals surface area contributed by atoms with Crippen molar-refractivity contribution < 1.29 is 9.16 Å². The van der Waals surface area contributed by atoms with Crippen molar-refractivity contribution in [3.8, 4) is 0 Å². The first-order valence-corrected chi connectivity index (χ1v) is 16.2. The molecule has 4 rings (SSSR count). The van der Waals surface area contributed by atoms with E-state index in [0.29, 0.717) is 6.61 Å². The summed E-state index contributed by atoms with van der Waals surface area (Å²) in [5, 5.41) is 0.143. The molecule has 1 atom stereocenters. The van der Waals surface area contributed by atoms with Gasteiger partial charge in [0.05, 0.1) is 18.3 Å². The SMILES string of the molecule is CC(C)(C)[Si](C)(C)O[C@@H](CN(Cc1ccccc1)Cc1ccccc1)C1(OCc2ccccc2)CC1. The van der Waals surface area contributed by atoms with Crippen molar-refractivity contribution in [1.29, 1.82) is 0 Å². The summed E-state index contributed by atoms with van der Waals surface area (Å²) in [6, 6.07) is 32.1. The van der Waals surface area contributed by atoms with Gasteiger partial charge in [-0.1, -0.05) is 112 Å². The average molecular weight is 502 g/mol. The molecule has 192 valence electrons. The van der Waals surface area contributed by atoms with Crippen LogP contribution in [0.4, 0.5) is 0 Å². The molecule has 1 fully saturated rings. The normalized spacial score (nSPS) is 16.2. The Kier molecular flexibility index (Phi) is 8.51. The molecule has 3 aromatic rings. The Hall–Kier alpha value is -2.24. The van der Waals surface area contributed by atoms with E-state index in [-0.39, 0.29) is 16.7 Å². The molecule has 0 radical (unpaired) electrons. The number of ether oxygens (including phenoxy) is 1. The van der Waals surface area contributed by atoms with E-state index >= 15 is 0 Å². The third-order valence-electron chi connectivity index (χ3n) is 7.86. The van der Waals surface area contributed by atoms with Gasteiger partial charge in [0.2, 0.25) is 0 Å². The maximum absolute atomic E-state index is 7.20. The van der Waals surface area contributed by atoms with Gasteiger partial charge >= 0.3 is 0 Å². The van der Waals surface area contributed by atoms with E-state index in [1.54, 1.807) is 0 Å². The average Bonchev–Trinajstić information content (AvgIpc) is 3.65. The largest absolute Gasteiger partial charge is 0.410 e. The summed E-state index contributed by atoms with van der Waals surface area (Å²) in [5.74, 6) is 0. The number of hydrogen-bond donors (Lipinski definition) is 0. The van der Waals surface area contributed by atoms with Crippen LogP contribution in [0.1, 0.15) is 50.3 Å². The molecule has 0 aromatic heterocycles. The minimum atomic E-state index is -2.00. The van der Waals surface area contributed by atoms with Crippen LogP contribution in [0.2, 0.25) is 18.1 Å². The fourth-order valence-electron chi connectivity index (χ4n) is 4.43. The van der Waals surface area contributed by atoms with E-state index in [1.807, 2.05) is 0 Å². The second-order valence-corrected chi connectivity index (χ2v) is 16.6. The zero-order chi connectivity index (χ0) is 25.7. The van der Waals surface area contributed by atoms with Crippen LogP contribution in [0, 0.1) is 0 Å². The van der Waals surface area contributed by atoms with E-state index in [0.717, 1.165) is 32.5 Å². The second-order valence-electron chi connectivity index (χ2n) is 11.8. The zero-order valence-corrected chi connectivity index (χ0v) is 23.7. The molecule has 36 heavy (non-hydrogen) atoms. The van der Waals surface area contributed by atoms with Crippen molar-refractivity contribution in [1.82, 2.24) is 4.90 Å². The first-order valence-electron chi connectivity index (χ1n) is 13.3. The maximum atomic E-state index is 7.20. The molecule has 0 saturated heterocycles. The minimum Gasteiger partial charge on any atom is -0.410 e. The quantitative estimate of drug-likeness (QED) is 0.236. The first kappa shape index (κ1) is 26.8. The lowest BCUT2D eigenvalue weighted by Crippen LogP contribution is -2.52. The predicted molar refractivity (Wildman–Crippen MR) is 152 cm³/mol. The van der Waals surface area contributed by atoms with E-state index in [1.165, 1.54) is 16.7 Å². The number of nitrogens with zero attached hydrogens (tertiary/aromatic N) is 1. The topological polar surface area (TPSA) is 21.7 Å². The Labute approximate surface area is 219 Å². The predicted octanol–water partition coefficient (Wildman–Crippen LogP) is 7.83. The van der Waals surface area contributed by atoms with Crippen LogP contribution < -0.4 is 0 Å². The van der Waals surface area contributed by atoms with Gasteiger partial charge in [0.15, 0.2) is 8.32 Å². The van der Waals surface area contributed by atoms with Crippen molar-refractivity contribution in [2.24, 2.45) is 0 Å². The van der Waals surface area contributed by atoms with Crippen molar-refractivity contribution >= 4 is 8.32 Å². The lowest BCUT2D eigenvalue weighted by Gasteiger charge is -2.43. The molecule has 0 unspecified atom stereocenters. The van der Waals surface area contributed by atoms with Crippen LogP contribution in [0.15, 0.2) is 91.0 Å². The third-order valence-corrected chi connectivity index (χ3v) is 12.3. The molecular formula is C32H43NO2Si. The van der Waals surface area contributed by atoms with Gasteiger partial charge in [-0.2, -0.15) is 0 Å². The molecule has 0 aliphatic heterocycles. The summed E-state index contributed by atoms with van der Waals surface area (Å²) >= 11 is 0. The van der Waals surface area contributed by atoms with Crippen molar-refractivity contribution in [3.63, 3.8) is 0 Å². The smallest absolute Gasteiger partial charge is 0.192 e. The van der Waals surface area contributed by atoms with Crippen molar-refractivity contribution in [2.75, 3.05) is 6.54 Å². The molecular weight excluding hydrogens is 458 g/mol. The van der Waals surface area contributed by atoms with Gasteiger partial charge in [-0.3, -0.25) is 4.90 Å². The monoisotopic (exact) mass is 501 g/mol. The molecule has 0 spiro atoms. The molecule has 1 saturated carbocycles. The Balaban J connectivity index is 1.59. The van der Waals surface area contributed by atoms with Gasteiger partial charge in [0.25, 0.3) is 0 Å². The van der Waals surface area contributed by atoms with Crippen LogP contribution in [0.25, 0.3) is 0 Å². The number of rotatable bonds is 12. The van der Waals surface area contributed by atoms with Gasteiger partial charge in [0.1, 0.15) is 0 Å². The molecule has 0 amide bonds. The van der Waals surface area contributed by atoms with Gasteiger partial charge in [-0.05, 0) is 47.7 Å². The van der Waals surface area contributed by atoms with Crippen molar-refractivity contribution in [2.45, 2.75) is 83.1 Å². The van der Waals surface area contributed by atoms with E-state index < -0.39 is 8.32 Å². The number of benzene rings is 3. The second kappa shape index (κ2) is 11.4. The summed E-state index contributed by atoms with van der Waals surface area (Å²) in [6.07, 6.45) is 2.15. The fraction of sp³-hybridized carbons (Fsp3) is 0.438. The molecule has 1 aliphatic carbocycles. The van der Waals surface area contributed by atoms with E-state index in [2.05, 4.69) is 130 Å². The highest BCUT2D eigenvalue weighted by molar-refractivity contribution is 6.74. The summed E-state index contributed by atoms with van der Waals surface area (Å²) in [5.41, 5.74) is 3.67. The first-order chi connectivity index (χ1) is 17.2. The highest BCUT2D eigenvalue weighted by atomic mass is 28.4. The molecule has 3 aromatic carbocycles. The third kappa shape index (κ3) is 7.16. The van der Waals surface area contributed by atoms with Crippen molar-refractivity contribution in [3.05, 3.63) is 108 Å². The molecule has 3 nitrogen and oxygen atoms in total. The molecule has 0 N–H and O–H groups in total.